The summed E-state index contributed by atoms with van der Waals surface area (Å²) in [5.74, 6) is 0.524. The maximum Gasteiger partial charge on any atom is 0.256 e. The Labute approximate surface area is 210 Å². The number of nitrogens with zero attached hydrogens (tertiary/aromatic N) is 3. The van der Waals surface area contributed by atoms with E-state index in [1.54, 1.807) is 17.9 Å². The Morgan fingerprint density at radius 3 is 2.64 bits per heavy atom. The quantitative estimate of drug-likeness (QED) is 0.425. The number of fused-ring (bicyclic) bond motifs is 1. The minimum Gasteiger partial charge on any atom is -0.497 e. The highest BCUT2D eigenvalue weighted by atomic mass is 32.2. The molecule has 0 saturated carbocycles. The third-order valence-electron chi connectivity index (χ3n) is 6.64. The van der Waals surface area contributed by atoms with Crippen LogP contribution in [0.15, 0.2) is 48.5 Å². The second-order valence-corrected chi connectivity index (χ2v) is 11.6. The minimum atomic E-state index is -3.13. The monoisotopic (exact) mass is 504 g/mol. The normalized spacial score (nSPS) is 16.8. The molecule has 0 spiro atoms. The van der Waals surface area contributed by atoms with Crippen molar-refractivity contribution in [3.8, 4) is 17.0 Å². The molecule has 1 saturated heterocycles. The zero-order valence-corrected chi connectivity index (χ0v) is 21.5. The molecule has 3 heterocycles. The highest BCUT2D eigenvalue weighted by Crippen LogP contribution is 2.33. The molecule has 4 aromatic rings. The number of hydrogen-bond acceptors (Lipinski definition) is 6. The summed E-state index contributed by atoms with van der Waals surface area (Å²) in [6.07, 6.45) is 0.466. The van der Waals surface area contributed by atoms with Gasteiger partial charge < -0.3 is 10.1 Å². The van der Waals surface area contributed by atoms with Gasteiger partial charge in [0.15, 0.2) is 15.5 Å². The zero-order chi connectivity index (χ0) is 25.6. The molecular formula is C27H28N4O4S. The summed E-state index contributed by atoms with van der Waals surface area (Å²) in [6, 6.07) is 14.8. The first kappa shape index (κ1) is 24.0. The first-order valence-corrected chi connectivity index (χ1v) is 13.6. The van der Waals surface area contributed by atoms with Crippen LogP contribution < -0.4 is 10.1 Å². The van der Waals surface area contributed by atoms with E-state index in [1.165, 1.54) is 0 Å². The Kier molecular flexibility index (Phi) is 6.04. The summed E-state index contributed by atoms with van der Waals surface area (Å²) in [4.78, 5) is 18.6. The van der Waals surface area contributed by atoms with Crippen LogP contribution in [0.25, 0.3) is 22.3 Å². The molecule has 0 radical (unpaired) electrons. The summed E-state index contributed by atoms with van der Waals surface area (Å²) >= 11 is 0. The topological polar surface area (TPSA) is 103 Å². The van der Waals surface area contributed by atoms with Gasteiger partial charge in [-0.05, 0) is 62.6 Å². The van der Waals surface area contributed by atoms with Gasteiger partial charge in [-0.15, -0.1) is 0 Å². The number of pyridine rings is 1. The van der Waals surface area contributed by atoms with Crippen LogP contribution >= 0.6 is 0 Å². The number of methoxy groups -OCH3 is 1. The Morgan fingerprint density at radius 2 is 1.92 bits per heavy atom. The van der Waals surface area contributed by atoms with Crippen molar-refractivity contribution in [1.82, 2.24) is 14.8 Å². The average molecular weight is 505 g/mol. The van der Waals surface area contributed by atoms with Crippen LogP contribution in [0.1, 0.15) is 39.6 Å². The van der Waals surface area contributed by atoms with E-state index in [0.29, 0.717) is 40.2 Å². The van der Waals surface area contributed by atoms with Gasteiger partial charge in [0.25, 0.3) is 5.91 Å². The van der Waals surface area contributed by atoms with Gasteiger partial charge in [0.1, 0.15) is 5.75 Å². The van der Waals surface area contributed by atoms with Crippen LogP contribution in [-0.4, -0.2) is 47.7 Å². The fraction of sp³-hybridized carbons (Fsp3) is 0.296. The van der Waals surface area contributed by atoms with E-state index in [2.05, 4.69) is 10.4 Å². The summed E-state index contributed by atoms with van der Waals surface area (Å²) in [5, 5.41) is 8.35. The number of ether oxygens (including phenoxy) is 1. The lowest BCUT2D eigenvalue weighted by Crippen LogP contribution is -2.15. The molecule has 1 aliphatic heterocycles. The molecule has 2 aromatic heterocycles. The second-order valence-electron chi connectivity index (χ2n) is 9.34. The lowest BCUT2D eigenvalue weighted by molar-refractivity contribution is 0.102. The molecule has 0 bridgehead atoms. The van der Waals surface area contributed by atoms with E-state index in [-0.39, 0.29) is 23.5 Å². The molecule has 0 aliphatic carbocycles. The van der Waals surface area contributed by atoms with Gasteiger partial charge in [-0.25, -0.2) is 18.1 Å². The van der Waals surface area contributed by atoms with E-state index < -0.39 is 9.84 Å². The van der Waals surface area contributed by atoms with Gasteiger partial charge in [-0.2, -0.15) is 5.10 Å². The van der Waals surface area contributed by atoms with Crippen LogP contribution in [0.3, 0.4) is 0 Å². The number of aromatic nitrogens is 3. The number of anilines is 1. The fourth-order valence-corrected chi connectivity index (χ4v) is 6.40. The average Bonchev–Trinajstić information content (AvgIpc) is 3.39. The van der Waals surface area contributed by atoms with Crippen molar-refractivity contribution < 1.29 is 17.9 Å². The van der Waals surface area contributed by atoms with Crippen molar-refractivity contribution in [1.29, 1.82) is 0 Å². The number of rotatable bonds is 5. The maximum atomic E-state index is 13.7. The van der Waals surface area contributed by atoms with Crippen molar-refractivity contribution in [2.75, 3.05) is 23.9 Å². The third-order valence-corrected chi connectivity index (χ3v) is 8.39. The molecule has 5 rings (SSSR count). The molecule has 1 N–H and O–H groups in total. The molecule has 9 heteroatoms. The first-order valence-electron chi connectivity index (χ1n) is 11.8. The van der Waals surface area contributed by atoms with E-state index in [1.807, 2.05) is 63.2 Å². The fourth-order valence-electron chi connectivity index (χ4n) is 4.71. The Morgan fingerprint density at radius 1 is 1.11 bits per heavy atom. The lowest BCUT2D eigenvalue weighted by Gasteiger charge is -2.14. The first-order chi connectivity index (χ1) is 17.1. The van der Waals surface area contributed by atoms with E-state index in [4.69, 9.17) is 9.72 Å². The van der Waals surface area contributed by atoms with E-state index in [0.717, 1.165) is 22.4 Å². The van der Waals surface area contributed by atoms with Crippen molar-refractivity contribution in [2.24, 2.45) is 0 Å². The number of nitrogens with one attached hydrogen (secondary N) is 1. The number of benzene rings is 2. The summed E-state index contributed by atoms with van der Waals surface area (Å²) in [5.41, 5.74) is 5.65. The van der Waals surface area contributed by atoms with Gasteiger partial charge in [0.05, 0.1) is 47.0 Å². The predicted molar refractivity (Wildman–Crippen MR) is 140 cm³/mol. The molecule has 8 nitrogen and oxygen atoms in total. The van der Waals surface area contributed by atoms with E-state index in [9.17, 15) is 13.2 Å². The summed E-state index contributed by atoms with van der Waals surface area (Å²) in [7, 11) is -1.54. The van der Waals surface area contributed by atoms with Gasteiger partial charge >= 0.3 is 0 Å². The van der Waals surface area contributed by atoms with Gasteiger partial charge in [0.2, 0.25) is 0 Å². The van der Waals surface area contributed by atoms with Crippen molar-refractivity contribution in [3.63, 3.8) is 0 Å². The SMILES string of the molecule is COc1cccc(-c2cc(C(=O)Nc3cc(C)ccc3C)c3c(C)nn(C4CCS(=O)(=O)C4)c3n2)c1. The van der Waals surface area contributed by atoms with Gasteiger partial charge in [0, 0.05) is 11.3 Å². The standard InChI is InChI=1S/C27H28N4O4S/c1-16-8-9-17(2)23(12-16)29-27(32)22-14-24(19-6-5-7-21(13-19)35-4)28-26-25(22)18(3)30-31(26)20-10-11-36(33,34)15-20/h5-9,12-14,20H,10-11,15H2,1-4H3,(H,29,32). The second kappa shape index (κ2) is 9.05. The van der Waals surface area contributed by atoms with Crippen molar-refractivity contribution >= 4 is 32.5 Å². The number of carbonyl (C=O) groups excluding carboxylic acids is 1. The lowest BCUT2D eigenvalue weighted by atomic mass is 10.0. The number of sulfone groups is 1. The molecule has 186 valence electrons. The third kappa shape index (κ3) is 4.46. The van der Waals surface area contributed by atoms with Crippen LogP contribution in [0.2, 0.25) is 0 Å². The molecule has 2 aromatic carbocycles. The van der Waals surface area contributed by atoms with Crippen LogP contribution in [0.5, 0.6) is 5.75 Å². The molecule has 1 aliphatic rings. The number of hydrogen-bond donors (Lipinski definition) is 1. The Hall–Kier alpha value is -3.72. The van der Waals surface area contributed by atoms with Crippen LogP contribution in [0, 0.1) is 20.8 Å². The van der Waals surface area contributed by atoms with E-state index >= 15 is 0 Å². The number of amides is 1. The summed E-state index contributed by atoms with van der Waals surface area (Å²) < 4.78 is 31.5. The minimum absolute atomic E-state index is 0.0122. The molecule has 36 heavy (non-hydrogen) atoms. The van der Waals surface area contributed by atoms with Gasteiger partial charge in [-0.3, -0.25) is 4.79 Å². The predicted octanol–water partition coefficient (Wildman–Crippen LogP) is 4.64. The molecular weight excluding hydrogens is 476 g/mol. The van der Waals surface area contributed by atoms with Crippen LogP contribution in [0.4, 0.5) is 5.69 Å². The maximum absolute atomic E-state index is 13.7. The highest BCUT2D eigenvalue weighted by molar-refractivity contribution is 7.91. The summed E-state index contributed by atoms with van der Waals surface area (Å²) in [6.45, 7) is 5.75. The zero-order valence-electron chi connectivity index (χ0n) is 20.7. The number of aryl methyl sites for hydroxylation is 3. The highest BCUT2D eigenvalue weighted by Gasteiger charge is 2.32. The molecule has 1 amide bonds. The van der Waals surface area contributed by atoms with Crippen molar-refractivity contribution in [3.05, 3.63) is 70.9 Å². The molecule has 1 unspecified atom stereocenters. The Bertz CT molecular complexity index is 1610. The van der Waals surface area contributed by atoms with Gasteiger partial charge in [-0.1, -0.05) is 24.3 Å². The Balaban J connectivity index is 1.69. The molecule has 1 atom stereocenters. The largest absolute Gasteiger partial charge is 0.497 e. The molecule has 1 fully saturated rings. The smallest absolute Gasteiger partial charge is 0.256 e. The number of carbonyl (C=O) groups is 1. The van der Waals surface area contributed by atoms with Crippen molar-refractivity contribution in [2.45, 2.75) is 33.2 Å². The van der Waals surface area contributed by atoms with Crippen LogP contribution in [-0.2, 0) is 9.84 Å².